The van der Waals surface area contributed by atoms with Crippen LogP contribution in [0.25, 0.3) is 0 Å². The Morgan fingerprint density at radius 2 is 1.65 bits per heavy atom. The van der Waals surface area contributed by atoms with Gasteiger partial charge in [-0.1, -0.05) is 41.9 Å². The molecule has 3 aromatic carbocycles. The number of hydrogen-bond donors (Lipinski definition) is 1. The van der Waals surface area contributed by atoms with E-state index in [2.05, 4.69) is 10.5 Å². The maximum absolute atomic E-state index is 11.9. The van der Waals surface area contributed by atoms with Crippen LogP contribution in [0.4, 0.5) is 0 Å². The van der Waals surface area contributed by atoms with E-state index in [1.54, 1.807) is 30.5 Å². The molecule has 0 spiro atoms. The maximum Gasteiger partial charge on any atom is 0.271 e. The minimum atomic E-state index is -0.291. The average Bonchev–Trinajstić information content (AvgIpc) is 2.68. The van der Waals surface area contributed by atoms with Crippen LogP contribution in [0.1, 0.15) is 21.5 Å². The first kappa shape index (κ1) is 17.7. The van der Waals surface area contributed by atoms with Gasteiger partial charge in [0.2, 0.25) is 0 Å². The van der Waals surface area contributed by atoms with E-state index in [1.807, 2.05) is 54.6 Å². The monoisotopic (exact) mass is 364 g/mol. The summed E-state index contributed by atoms with van der Waals surface area (Å²) in [5.41, 5.74) is 4.95. The van der Waals surface area contributed by atoms with Crippen molar-refractivity contribution in [3.63, 3.8) is 0 Å². The number of nitrogens with one attached hydrogen (secondary N) is 1. The summed E-state index contributed by atoms with van der Waals surface area (Å²) in [6.45, 7) is 0.519. The fraction of sp³-hybridized carbons (Fsp3) is 0.0476. The van der Waals surface area contributed by atoms with Crippen molar-refractivity contribution in [1.82, 2.24) is 5.43 Å². The Morgan fingerprint density at radius 3 is 2.35 bits per heavy atom. The lowest BCUT2D eigenvalue weighted by Crippen LogP contribution is -2.17. The van der Waals surface area contributed by atoms with Gasteiger partial charge in [0.15, 0.2) is 0 Å². The van der Waals surface area contributed by atoms with Crippen molar-refractivity contribution in [3.8, 4) is 5.75 Å². The number of hydrogen-bond acceptors (Lipinski definition) is 3. The zero-order valence-electron chi connectivity index (χ0n) is 13.9. The standard InChI is InChI=1S/C21H17ClN2O2/c22-19-10-8-18(9-11-19)21(25)24-23-14-16-6-12-20(13-7-16)26-15-17-4-2-1-3-5-17/h1-14H,15H2,(H,24,25)/b23-14-. The molecule has 130 valence electrons. The van der Waals surface area contributed by atoms with Crippen molar-refractivity contribution in [3.05, 3.63) is 101 Å². The highest BCUT2D eigenvalue weighted by molar-refractivity contribution is 6.30. The minimum Gasteiger partial charge on any atom is -0.489 e. The Balaban J connectivity index is 1.51. The third-order valence-corrected chi connectivity index (χ3v) is 3.87. The van der Waals surface area contributed by atoms with Gasteiger partial charge >= 0.3 is 0 Å². The van der Waals surface area contributed by atoms with E-state index in [-0.39, 0.29) is 5.91 Å². The molecular weight excluding hydrogens is 348 g/mol. The molecule has 0 aliphatic carbocycles. The number of hydrazone groups is 1. The summed E-state index contributed by atoms with van der Waals surface area (Å²) in [5.74, 6) is 0.483. The number of rotatable bonds is 6. The highest BCUT2D eigenvalue weighted by Crippen LogP contribution is 2.13. The predicted molar refractivity (Wildman–Crippen MR) is 104 cm³/mol. The van der Waals surface area contributed by atoms with Gasteiger partial charge in [0.25, 0.3) is 5.91 Å². The molecule has 26 heavy (non-hydrogen) atoms. The molecule has 0 aliphatic rings. The Hall–Kier alpha value is -3.11. The Kier molecular flexibility index (Phi) is 6.01. The first-order chi connectivity index (χ1) is 12.7. The van der Waals surface area contributed by atoms with E-state index in [0.717, 1.165) is 16.9 Å². The van der Waals surface area contributed by atoms with Crippen LogP contribution in [0.15, 0.2) is 84.0 Å². The maximum atomic E-state index is 11.9. The molecule has 0 aliphatic heterocycles. The van der Waals surface area contributed by atoms with Crippen LogP contribution in [0, 0.1) is 0 Å². The second kappa shape index (κ2) is 8.83. The second-order valence-corrected chi connectivity index (χ2v) is 5.99. The van der Waals surface area contributed by atoms with E-state index in [1.165, 1.54) is 0 Å². The summed E-state index contributed by atoms with van der Waals surface area (Å²) in [7, 11) is 0. The molecular formula is C21H17ClN2O2. The van der Waals surface area contributed by atoms with E-state index in [9.17, 15) is 4.79 Å². The van der Waals surface area contributed by atoms with Crippen LogP contribution in [-0.2, 0) is 6.61 Å². The molecule has 0 bridgehead atoms. The summed E-state index contributed by atoms with van der Waals surface area (Å²) in [4.78, 5) is 11.9. The second-order valence-electron chi connectivity index (χ2n) is 5.55. The van der Waals surface area contributed by atoms with Gasteiger partial charge in [0.1, 0.15) is 12.4 Å². The smallest absolute Gasteiger partial charge is 0.271 e. The van der Waals surface area contributed by atoms with Crippen LogP contribution in [0.5, 0.6) is 5.75 Å². The highest BCUT2D eigenvalue weighted by atomic mass is 35.5. The topological polar surface area (TPSA) is 50.7 Å². The van der Waals surface area contributed by atoms with Crippen LogP contribution in [-0.4, -0.2) is 12.1 Å². The zero-order chi connectivity index (χ0) is 18.2. The molecule has 3 aromatic rings. The molecule has 0 heterocycles. The number of benzene rings is 3. The molecule has 0 unspecified atom stereocenters. The van der Waals surface area contributed by atoms with Gasteiger partial charge < -0.3 is 4.74 Å². The fourth-order valence-electron chi connectivity index (χ4n) is 2.22. The summed E-state index contributed by atoms with van der Waals surface area (Å²) in [6.07, 6.45) is 1.58. The Labute approximate surface area is 157 Å². The van der Waals surface area contributed by atoms with Crippen molar-refractivity contribution in [1.29, 1.82) is 0 Å². The number of ether oxygens (including phenoxy) is 1. The van der Waals surface area contributed by atoms with Gasteiger partial charge in [-0.2, -0.15) is 5.10 Å². The Morgan fingerprint density at radius 1 is 0.962 bits per heavy atom. The van der Waals surface area contributed by atoms with Crippen LogP contribution in [0.3, 0.4) is 0 Å². The number of carbonyl (C=O) groups excluding carboxylic acids is 1. The van der Waals surface area contributed by atoms with E-state index in [4.69, 9.17) is 16.3 Å². The van der Waals surface area contributed by atoms with Gasteiger partial charge in [0, 0.05) is 10.6 Å². The number of carbonyl (C=O) groups is 1. The molecule has 0 atom stereocenters. The quantitative estimate of drug-likeness (QED) is 0.510. The molecule has 0 radical (unpaired) electrons. The summed E-state index contributed by atoms with van der Waals surface area (Å²) in [5, 5.41) is 4.55. The number of halogens is 1. The normalized spacial score (nSPS) is 10.7. The first-order valence-corrected chi connectivity index (χ1v) is 8.44. The minimum absolute atomic E-state index is 0.291. The van der Waals surface area contributed by atoms with E-state index >= 15 is 0 Å². The van der Waals surface area contributed by atoms with Crippen molar-refractivity contribution in [2.24, 2.45) is 5.10 Å². The molecule has 1 amide bonds. The molecule has 5 heteroatoms. The van der Waals surface area contributed by atoms with Crippen LogP contribution >= 0.6 is 11.6 Å². The molecule has 0 saturated carbocycles. The van der Waals surface area contributed by atoms with Gasteiger partial charge in [0.05, 0.1) is 6.21 Å². The lowest BCUT2D eigenvalue weighted by Gasteiger charge is -2.06. The van der Waals surface area contributed by atoms with Gasteiger partial charge in [-0.05, 0) is 59.7 Å². The molecule has 1 N–H and O–H groups in total. The summed E-state index contributed by atoms with van der Waals surface area (Å²) < 4.78 is 5.73. The van der Waals surface area contributed by atoms with Crippen molar-refractivity contribution in [2.45, 2.75) is 6.61 Å². The van der Waals surface area contributed by atoms with Crippen LogP contribution in [0.2, 0.25) is 5.02 Å². The highest BCUT2D eigenvalue weighted by Gasteiger charge is 2.03. The van der Waals surface area contributed by atoms with Gasteiger partial charge in [-0.25, -0.2) is 5.43 Å². The third kappa shape index (κ3) is 5.19. The molecule has 0 fully saturated rings. The van der Waals surface area contributed by atoms with Gasteiger partial charge in [-0.15, -0.1) is 0 Å². The average molecular weight is 365 g/mol. The zero-order valence-corrected chi connectivity index (χ0v) is 14.7. The molecule has 0 saturated heterocycles. The van der Waals surface area contributed by atoms with Gasteiger partial charge in [-0.3, -0.25) is 4.79 Å². The molecule has 4 nitrogen and oxygen atoms in total. The SMILES string of the molecule is O=C(N/N=C\c1ccc(OCc2ccccc2)cc1)c1ccc(Cl)cc1. The lowest BCUT2D eigenvalue weighted by molar-refractivity contribution is 0.0955. The van der Waals surface area contributed by atoms with Crippen molar-refractivity contribution >= 4 is 23.7 Å². The largest absolute Gasteiger partial charge is 0.489 e. The summed E-state index contributed by atoms with van der Waals surface area (Å²) in [6, 6.07) is 24.1. The number of nitrogens with zero attached hydrogens (tertiary/aromatic N) is 1. The van der Waals surface area contributed by atoms with Crippen molar-refractivity contribution < 1.29 is 9.53 Å². The molecule has 3 rings (SSSR count). The van der Waals surface area contributed by atoms with E-state index in [0.29, 0.717) is 17.2 Å². The predicted octanol–water partition coefficient (Wildman–Crippen LogP) is 4.68. The molecule has 0 aromatic heterocycles. The van der Waals surface area contributed by atoms with E-state index < -0.39 is 0 Å². The third-order valence-electron chi connectivity index (χ3n) is 3.61. The first-order valence-electron chi connectivity index (χ1n) is 8.06. The number of amides is 1. The summed E-state index contributed by atoms with van der Waals surface area (Å²) >= 11 is 5.80. The fourth-order valence-corrected chi connectivity index (χ4v) is 2.35. The van der Waals surface area contributed by atoms with Crippen molar-refractivity contribution in [2.75, 3.05) is 0 Å². The lowest BCUT2D eigenvalue weighted by atomic mass is 10.2. The Bertz CT molecular complexity index is 876. The van der Waals surface area contributed by atoms with Crippen LogP contribution < -0.4 is 10.2 Å².